The molecule has 35 heavy (non-hydrogen) atoms. The number of carbonyl (C=O) groups excluding carboxylic acids is 1. The summed E-state index contributed by atoms with van der Waals surface area (Å²) in [6.07, 6.45) is 8.65. The zero-order chi connectivity index (χ0) is 24.2. The van der Waals surface area contributed by atoms with Crippen LogP contribution in [-0.4, -0.2) is 44.8 Å². The van der Waals surface area contributed by atoms with E-state index in [1.165, 1.54) is 31.2 Å². The van der Waals surface area contributed by atoms with Crippen LogP contribution in [0.4, 0.5) is 17.1 Å². The van der Waals surface area contributed by atoms with Crippen molar-refractivity contribution >= 4 is 23.0 Å². The van der Waals surface area contributed by atoms with E-state index in [9.17, 15) is 4.79 Å². The molecule has 2 aliphatic rings. The van der Waals surface area contributed by atoms with Gasteiger partial charge in [0.25, 0.3) is 0 Å². The zero-order valence-electron chi connectivity index (χ0n) is 20.6. The summed E-state index contributed by atoms with van der Waals surface area (Å²) < 4.78 is 11.0. The monoisotopic (exact) mass is 471 g/mol. The standard InChI is InChI=1S/C29H33N3O3/c1-31(23-7-9-24(10-8-23)32-16-3-4-17-32)25-11-12-26-21(14-18-35-28(26)19-25)5-6-22-20-30-15-13-27(22)29(33)34-2/h7-13,15,19-21H,3-6,14,16-18H2,1-2H3/t21-/m1/s1. The highest BCUT2D eigenvalue weighted by molar-refractivity contribution is 5.90. The number of benzene rings is 2. The van der Waals surface area contributed by atoms with E-state index in [0.717, 1.165) is 55.0 Å². The van der Waals surface area contributed by atoms with Gasteiger partial charge in [-0.3, -0.25) is 4.98 Å². The van der Waals surface area contributed by atoms with Gasteiger partial charge in [-0.15, -0.1) is 0 Å². The van der Waals surface area contributed by atoms with E-state index in [0.29, 0.717) is 18.1 Å². The molecule has 2 aliphatic heterocycles. The number of carbonyl (C=O) groups is 1. The molecule has 0 bridgehead atoms. The molecule has 1 atom stereocenters. The third kappa shape index (κ3) is 4.97. The van der Waals surface area contributed by atoms with Crippen molar-refractivity contribution in [2.45, 2.75) is 38.0 Å². The van der Waals surface area contributed by atoms with Gasteiger partial charge in [0.15, 0.2) is 0 Å². The summed E-state index contributed by atoms with van der Waals surface area (Å²) in [5.41, 5.74) is 6.34. The smallest absolute Gasteiger partial charge is 0.338 e. The molecule has 6 nitrogen and oxygen atoms in total. The summed E-state index contributed by atoms with van der Waals surface area (Å²) >= 11 is 0. The molecule has 0 unspecified atom stereocenters. The first-order chi connectivity index (χ1) is 17.1. The third-order valence-corrected chi connectivity index (χ3v) is 7.33. The molecule has 3 aromatic rings. The second kappa shape index (κ2) is 10.4. The molecule has 1 fully saturated rings. The van der Waals surface area contributed by atoms with E-state index in [4.69, 9.17) is 9.47 Å². The summed E-state index contributed by atoms with van der Waals surface area (Å²) in [5.74, 6) is 1.03. The highest BCUT2D eigenvalue weighted by Gasteiger charge is 2.23. The van der Waals surface area contributed by atoms with Crippen LogP contribution in [0.3, 0.4) is 0 Å². The predicted octanol–water partition coefficient (Wildman–Crippen LogP) is 5.74. The van der Waals surface area contributed by atoms with Crippen molar-refractivity contribution in [1.29, 1.82) is 0 Å². The highest BCUT2D eigenvalue weighted by Crippen LogP contribution is 2.40. The van der Waals surface area contributed by atoms with E-state index in [1.54, 1.807) is 18.5 Å². The first kappa shape index (κ1) is 23.2. The average molecular weight is 472 g/mol. The fourth-order valence-electron chi connectivity index (χ4n) is 5.24. The second-order valence-electron chi connectivity index (χ2n) is 9.39. The van der Waals surface area contributed by atoms with Crippen molar-refractivity contribution in [2.75, 3.05) is 43.7 Å². The van der Waals surface area contributed by atoms with Crippen molar-refractivity contribution in [2.24, 2.45) is 0 Å². The fourth-order valence-corrected chi connectivity index (χ4v) is 5.24. The quantitative estimate of drug-likeness (QED) is 0.410. The summed E-state index contributed by atoms with van der Waals surface area (Å²) in [6, 6.07) is 17.1. The average Bonchev–Trinajstić information content (AvgIpc) is 3.46. The number of rotatable bonds is 7. The minimum Gasteiger partial charge on any atom is -0.493 e. The number of esters is 1. The summed E-state index contributed by atoms with van der Waals surface area (Å²) in [4.78, 5) is 21.0. The van der Waals surface area contributed by atoms with E-state index in [1.807, 2.05) is 0 Å². The summed E-state index contributed by atoms with van der Waals surface area (Å²) in [5, 5.41) is 0. The number of ether oxygens (including phenoxy) is 2. The van der Waals surface area contributed by atoms with E-state index in [2.05, 4.69) is 64.3 Å². The Balaban J connectivity index is 1.29. The Bertz CT molecular complexity index is 1170. The molecule has 0 spiro atoms. The number of aromatic nitrogens is 1. The minimum atomic E-state index is -0.309. The maximum atomic E-state index is 12.1. The number of anilines is 3. The van der Waals surface area contributed by atoms with Crippen molar-refractivity contribution in [1.82, 2.24) is 4.98 Å². The van der Waals surface area contributed by atoms with Gasteiger partial charge in [0.1, 0.15) is 5.75 Å². The van der Waals surface area contributed by atoms with Crippen LogP contribution in [0.1, 0.15) is 53.1 Å². The van der Waals surface area contributed by atoms with Gasteiger partial charge in [-0.05, 0) is 85.5 Å². The van der Waals surface area contributed by atoms with Gasteiger partial charge in [-0.25, -0.2) is 4.79 Å². The molecule has 182 valence electrons. The molecule has 0 aliphatic carbocycles. The molecule has 0 amide bonds. The van der Waals surface area contributed by atoms with Gasteiger partial charge < -0.3 is 19.3 Å². The number of hydrogen-bond donors (Lipinski definition) is 0. The number of aryl methyl sites for hydroxylation is 1. The largest absolute Gasteiger partial charge is 0.493 e. The van der Waals surface area contributed by atoms with Gasteiger partial charge in [0, 0.05) is 55.7 Å². The van der Waals surface area contributed by atoms with Crippen LogP contribution in [0.15, 0.2) is 60.9 Å². The summed E-state index contributed by atoms with van der Waals surface area (Å²) in [6.45, 7) is 3.01. The maximum Gasteiger partial charge on any atom is 0.338 e. The molecule has 6 heteroatoms. The molecule has 0 radical (unpaired) electrons. The van der Waals surface area contributed by atoms with Gasteiger partial charge in [-0.1, -0.05) is 6.07 Å². The first-order valence-electron chi connectivity index (χ1n) is 12.5. The van der Waals surface area contributed by atoms with Crippen molar-refractivity contribution in [3.63, 3.8) is 0 Å². The fraction of sp³-hybridized carbons (Fsp3) is 0.379. The van der Waals surface area contributed by atoms with Gasteiger partial charge >= 0.3 is 5.97 Å². The topological polar surface area (TPSA) is 54.9 Å². The van der Waals surface area contributed by atoms with Crippen LogP contribution in [-0.2, 0) is 11.2 Å². The van der Waals surface area contributed by atoms with Gasteiger partial charge in [0.05, 0.1) is 19.3 Å². The Morgan fingerprint density at radius 3 is 2.66 bits per heavy atom. The Morgan fingerprint density at radius 1 is 1.11 bits per heavy atom. The van der Waals surface area contributed by atoms with E-state index in [-0.39, 0.29) is 5.97 Å². The van der Waals surface area contributed by atoms with Crippen LogP contribution in [0.2, 0.25) is 0 Å². The molecule has 0 N–H and O–H groups in total. The van der Waals surface area contributed by atoms with Crippen LogP contribution in [0.25, 0.3) is 0 Å². The lowest BCUT2D eigenvalue weighted by molar-refractivity contribution is 0.0599. The minimum absolute atomic E-state index is 0.309. The van der Waals surface area contributed by atoms with E-state index < -0.39 is 0 Å². The molecular formula is C29H33N3O3. The van der Waals surface area contributed by atoms with Crippen LogP contribution in [0.5, 0.6) is 5.75 Å². The lowest BCUT2D eigenvalue weighted by Crippen LogP contribution is -2.18. The number of hydrogen-bond acceptors (Lipinski definition) is 6. The lowest BCUT2D eigenvalue weighted by atomic mass is 9.87. The maximum absolute atomic E-state index is 12.1. The van der Waals surface area contributed by atoms with E-state index >= 15 is 0 Å². The number of fused-ring (bicyclic) bond motifs is 1. The van der Waals surface area contributed by atoms with Crippen molar-refractivity contribution in [3.05, 3.63) is 77.6 Å². The zero-order valence-corrected chi connectivity index (χ0v) is 20.6. The normalized spacial score (nSPS) is 17.0. The summed E-state index contributed by atoms with van der Waals surface area (Å²) in [7, 11) is 3.52. The van der Waals surface area contributed by atoms with Crippen molar-refractivity contribution in [3.8, 4) is 5.75 Å². The number of pyridine rings is 1. The first-order valence-corrected chi connectivity index (χ1v) is 12.5. The van der Waals surface area contributed by atoms with Crippen LogP contribution >= 0.6 is 0 Å². The molecule has 2 aromatic carbocycles. The number of nitrogens with zero attached hydrogens (tertiary/aromatic N) is 3. The van der Waals surface area contributed by atoms with Crippen LogP contribution in [0, 0.1) is 0 Å². The second-order valence-corrected chi connectivity index (χ2v) is 9.39. The Kier molecular flexibility index (Phi) is 6.89. The Morgan fingerprint density at radius 2 is 1.89 bits per heavy atom. The molecule has 0 saturated carbocycles. The molecule has 5 rings (SSSR count). The predicted molar refractivity (Wildman–Crippen MR) is 139 cm³/mol. The number of methoxy groups -OCH3 is 1. The molecule has 1 aromatic heterocycles. The third-order valence-electron chi connectivity index (χ3n) is 7.33. The van der Waals surface area contributed by atoms with Crippen molar-refractivity contribution < 1.29 is 14.3 Å². The molecule has 1 saturated heterocycles. The van der Waals surface area contributed by atoms with Gasteiger partial charge in [-0.2, -0.15) is 0 Å². The van der Waals surface area contributed by atoms with Crippen LogP contribution < -0.4 is 14.5 Å². The highest BCUT2D eigenvalue weighted by atomic mass is 16.5. The molecular weight excluding hydrogens is 438 g/mol. The Hall–Kier alpha value is -3.54. The Labute approximate surface area is 207 Å². The molecule has 3 heterocycles. The SMILES string of the molecule is COC(=O)c1ccncc1CC[C@@H]1CCOc2cc(N(C)c3ccc(N4CCCC4)cc3)ccc21. The van der Waals surface area contributed by atoms with Gasteiger partial charge in [0.2, 0.25) is 0 Å². The lowest BCUT2D eigenvalue weighted by Gasteiger charge is -2.28.